The van der Waals surface area contributed by atoms with Crippen molar-refractivity contribution in [1.82, 2.24) is 15.0 Å². The number of nitrogens with two attached hydrogens (primary N) is 1. The Hall–Kier alpha value is -2.81. The predicted molar refractivity (Wildman–Crippen MR) is 86.9 cm³/mol. The molecule has 0 radical (unpaired) electrons. The van der Waals surface area contributed by atoms with Crippen LogP contribution in [0.2, 0.25) is 0 Å². The molecule has 0 bridgehead atoms. The molecule has 0 amide bonds. The second-order valence-corrected chi connectivity index (χ2v) is 4.98. The van der Waals surface area contributed by atoms with Gasteiger partial charge in [-0.3, -0.25) is 0 Å². The van der Waals surface area contributed by atoms with Crippen LogP contribution in [-0.4, -0.2) is 21.5 Å². The quantitative estimate of drug-likeness (QED) is 0.825. The zero-order chi connectivity index (χ0) is 16.1. The summed E-state index contributed by atoms with van der Waals surface area (Å²) in [6, 6.07) is 1.74. The molecule has 0 saturated carbocycles. The Kier molecular flexibility index (Phi) is 4.79. The number of hydrogen-bond donors (Lipinski definition) is 2. The lowest BCUT2D eigenvalue weighted by Crippen LogP contribution is -2.06. The lowest BCUT2D eigenvalue weighted by atomic mass is 10.0. The highest BCUT2D eigenvalue weighted by atomic mass is 16.5. The van der Waals surface area contributed by atoms with Gasteiger partial charge in [-0.1, -0.05) is 19.8 Å². The topological polar surface area (TPSA) is 86.0 Å². The molecule has 22 heavy (non-hydrogen) atoms. The van der Waals surface area contributed by atoms with E-state index in [0.29, 0.717) is 29.6 Å². The molecule has 0 aliphatic rings. The van der Waals surface area contributed by atoms with Crippen LogP contribution in [0.5, 0.6) is 11.5 Å². The molecular formula is C16H19N5O. The lowest BCUT2D eigenvalue weighted by Gasteiger charge is -2.15. The van der Waals surface area contributed by atoms with Gasteiger partial charge in [0.2, 0.25) is 5.95 Å². The Labute approximate surface area is 130 Å². The van der Waals surface area contributed by atoms with Gasteiger partial charge in [0, 0.05) is 24.4 Å². The summed E-state index contributed by atoms with van der Waals surface area (Å²) < 4.78 is 5.97. The zero-order valence-electron chi connectivity index (χ0n) is 12.9. The molecular weight excluding hydrogens is 278 g/mol. The van der Waals surface area contributed by atoms with Crippen LogP contribution in [-0.2, 0) is 0 Å². The number of aromatic nitrogens is 3. The van der Waals surface area contributed by atoms with Gasteiger partial charge in [0.15, 0.2) is 11.6 Å². The number of nitrogens with zero attached hydrogens (tertiary/aromatic N) is 3. The van der Waals surface area contributed by atoms with Crippen molar-refractivity contribution in [3.8, 4) is 23.8 Å². The van der Waals surface area contributed by atoms with E-state index >= 15 is 0 Å². The highest BCUT2D eigenvalue weighted by Gasteiger charge is 2.14. The SMILES string of the molecule is C#Cc1cc(Oc2cnc(N)nc2NCC)c(C(C)C)cn1. The third-order valence-electron chi connectivity index (χ3n) is 3.00. The number of ether oxygens (including phenoxy) is 1. The van der Waals surface area contributed by atoms with Crippen LogP contribution in [0.25, 0.3) is 0 Å². The van der Waals surface area contributed by atoms with Gasteiger partial charge in [-0.15, -0.1) is 6.42 Å². The maximum absolute atomic E-state index is 5.97. The predicted octanol–water partition coefficient (Wildman–Crippen LogP) is 2.78. The molecule has 6 heteroatoms. The van der Waals surface area contributed by atoms with Crippen LogP contribution < -0.4 is 15.8 Å². The Morgan fingerprint density at radius 2 is 2.09 bits per heavy atom. The van der Waals surface area contributed by atoms with Crippen molar-refractivity contribution in [3.63, 3.8) is 0 Å². The highest BCUT2D eigenvalue weighted by molar-refractivity contribution is 5.54. The third kappa shape index (κ3) is 3.44. The average molecular weight is 297 g/mol. The number of nitrogens with one attached hydrogen (secondary N) is 1. The van der Waals surface area contributed by atoms with E-state index in [1.165, 1.54) is 0 Å². The van der Waals surface area contributed by atoms with Gasteiger partial charge in [-0.2, -0.15) is 4.98 Å². The zero-order valence-corrected chi connectivity index (χ0v) is 12.9. The molecule has 0 aliphatic carbocycles. The smallest absolute Gasteiger partial charge is 0.222 e. The van der Waals surface area contributed by atoms with Crippen LogP contribution in [0.3, 0.4) is 0 Å². The van der Waals surface area contributed by atoms with Crippen molar-refractivity contribution in [3.05, 3.63) is 29.7 Å². The first-order valence-corrected chi connectivity index (χ1v) is 7.06. The van der Waals surface area contributed by atoms with Crippen LogP contribution in [0.4, 0.5) is 11.8 Å². The molecule has 3 N–H and O–H groups in total. The minimum absolute atomic E-state index is 0.187. The summed E-state index contributed by atoms with van der Waals surface area (Å²) in [4.78, 5) is 12.3. The van der Waals surface area contributed by atoms with Crippen LogP contribution in [0, 0.1) is 12.3 Å². The molecule has 0 fully saturated rings. The average Bonchev–Trinajstić information content (AvgIpc) is 2.50. The first-order chi connectivity index (χ1) is 10.5. The van der Waals surface area contributed by atoms with Crippen molar-refractivity contribution in [1.29, 1.82) is 0 Å². The molecule has 0 atom stereocenters. The van der Waals surface area contributed by atoms with E-state index in [1.54, 1.807) is 18.5 Å². The summed E-state index contributed by atoms with van der Waals surface area (Å²) in [6.07, 6.45) is 8.69. The van der Waals surface area contributed by atoms with Gasteiger partial charge in [0.25, 0.3) is 0 Å². The molecule has 114 valence electrons. The van der Waals surface area contributed by atoms with E-state index in [4.69, 9.17) is 16.9 Å². The number of terminal acetylenes is 1. The summed E-state index contributed by atoms with van der Waals surface area (Å²) in [5, 5.41) is 3.10. The largest absolute Gasteiger partial charge is 0.451 e. The molecule has 0 aromatic carbocycles. The first kappa shape index (κ1) is 15.6. The number of rotatable bonds is 5. The van der Waals surface area contributed by atoms with Gasteiger partial charge >= 0.3 is 0 Å². The van der Waals surface area contributed by atoms with E-state index < -0.39 is 0 Å². The Balaban J connectivity index is 2.44. The normalized spacial score (nSPS) is 10.3. The molecule has 6 nitrogen and oxygen atoms in total. The van der Waals surface area contributed by atoms with Gasteiger partial charge in [0.1, 0.15) is 11.4 Å². The Morgan fingerprint density at radius 3 is 2.73 bits per heavy atom. The molecule has 2 heterocycles. The summed E-state index contributed by atoms with van der Waals surface area (Å²) in [6.45, 7) is 6.77. The van der Waals surface area contributed by atoms with E-state index in [9.17, 15) is 0 Å². The molecule has 2 aromatic heterocycles. The minimum atomic E-state index is 0.187. The third-order valence-corrected chi connectivity index (χ3v) is 3.00. The monoisotopic (exact) mass is 297 g/mol. The standard InChI is InChI=1S/C16H19N5O/c1-5-11-7-13(12(8-19-11)10(3)4)22-14-9-20-16(17)21-15(14)18-6-2/h1,7-10H,6H2,2-4H3,(H3,17,18,20,21). The van der Waals surface area contributed by atoms with Crippen molar-refractivity contribution < 1.29 is 4.74 Å². The summed E-state index contributed by atoms with van der Waals surface area (Å²) >= 11 is 0. The highest BCUT2D eigenvalue weighted by Crippen LogP contribution is 2.33. The van der Waals surface area contributed by atoms with Crippen LogP contribution in [0.1, 0.15) is 37.9 Å². The van der Waals surface area contributed by atoms with Crippen molar-refractivity contribution in [2.45, 2.75) is 26.7 Å². The second kappa shape index (κ2) is 6.76. The molecule has 0 unspecified atom stereocenters. The van der Waals surface area contributed by atoms with Gasteiger partial charge in [-0.05, 0) is 12.8 Å². The Bertz CT molecular complexity index is 706. The second-order valence-electron chi connectivity index (χ2n) is 4.98. The fourth-order valence-electron chi connectivity index (χ4n) is 1.92. The molecule has 0 spiro atoms. The maximum Gasteiger partial charge on any atom is 0.222 e. The maximum atomic E-state index is 5.97. The van der Waals surface area contributed by atoms with Crippen LogP contribution in [0.15, 0.2) is 18.5 Å². The lowest BCUT2D eigenvalue weighted by molar-refractivity contribution is 0.469. The van der Waals surface area contributed by atoms with E-state index in [-0.39, 0.29) is 11.9 Å². The van der Waals surface area contributed by atoms with E-state index in [0.717, 1.165) is 5.56 Å². The summed E-state index contributed by atoms with van der Waals surface area (Å²) in [5.74, 6) is 4.62. The molecule has 2 aromatic rings. The fraction of sp³-hybridized carbons (Fsp3) is 0.312. The summed E-state index contributed by atoms with van der Waals surface area (Å²) in [7, 11) is 0. The molecule has 0 aliphatic heterocycles. The number of pyridine rings is 1. The van der Waals surface area contributed by atoms with Crippen molar-refractivity contribution in [2.75, 3.05) is 17.6 Å². The van der Waals surface area contributed by atoms with E-state index in [1.807, 2.05) is 6.92 Å². The van der Waals surface area contributed by atoms with Gasteiger partial charge in [0.05, 0.1) is 6.20 Å². The summed E-state index contributed by atoms with van der Waals surface area (Å²) in [5.41, 5.74) is 7.09. The number of hydrogen-bond acceptors (Lipinski definition) is 6. The molecule has 2 rings (SSSR count). The molecule has 0 saturated heterocycles. The van der Waals surface area contributed by atoms with Gasteiger partial charge in [-0.25, -0.2) is 9.97 Å². The van der Waals surface area contributed by atoms with Gasteiger partial charge < -0.3 is 15.8 Å². The van der Waals surface area contributed by atoms with Crippen molar-refractivity contribution >= 4 is 11.8 Å². The van der Waals surface area contributed by atoms with Crippen LogP contribution >= 0.6 is 0 Å². The number of anilines is 2. The Morgan fingerprint density at radius 1 is 1.32 bits per heavy atom. The fourth-order valence-corrected chi connectivity index (χ4v) is 1.92. The van der Waals surface area contributed by atoms with E-state index in [2.05, 4.69) is 40.0 Å². The number of nitrogen functional groups attached to an aromatic ring is 1. The minimum Gasteiger partial charge on any atom is -0.451 e. The van der Waals surface area contributed by atoms with Crippen molar-refractivity contribution in [2.24, 2.45) is 0 Å². The first-order valence-electron chi connectivity index (χ1n) is 7.06.